The lowest BCUT2D eigenvalue weighted by Crippen LogP contribution is -2.48. The lowest BCUT2D eigenvalue weighted by Gasteiger charge is -2.34. The first-order valence-electron chi connectivity index (χ1n) is 10.7. The van der Waals surface area contributed by atoms with Gasteiger partial charge in [-0.1, -0.05) is 19.9 Å². The second kappa shape index (κ2) is 14.6. The van der Waals surface area contributed by atoms with Gasteiger partial charge in [-0.05, 0) is 23.6 Å². The highest BCUT2D eigenvalue weighted by atomic mass is 16.5. The number of hydrogen-bond donors (Lipinski definition) is 0. The van der Waals surface area contributed by atoms with Gasteiger partial charge in [-0.15, -0.1) is 0 Å². The van der Waals surface area contributed by atoms with E-state index in [0.29, 0.717) is 19.1 Å². The Morgan fingerprint density at radius 2 is 1.29 bits per heavy atom. The van der Waals surface area contributed by atoms with Gasteiger partial charge in [0.1, 0.15) is 13.2 Å². The second-order valence-corrected chi connectivity index (χ2v) is 7.63. The molecule has 8 heteroatoms. The number of carbonyl (C=O) groups is 2. The first kappa shape index (κ1) is 26.7. The summed E-state index contributed by atoms with van der Waals surface area (Å²) >= 11 is 0. The van der Waals surface area contributed by atoms with Crippen molar-refractivity contribution in [3.05, 3.63) is 23.8 Å². The van der Waals surface area contributed by atoms with Gasteiger partial charge in [0.2, 0.25) is 0 Å². The van der Waals surface area contributed by atoms with Crippen LogP contribution in [0.25, 0.3) is 0 Å². The summed E-state index contributed by atoms with van der Waals surface area (Å²) in [6.45, 7) is 13.5. The normalized spacial score (nSPS) is 14.4. The molecule has 1 fully saturated rings. The molecule has 0 amide bonds. The van der Waals surface area contributed by atoms with Crippen LogP contribution in [0.1, 0.15) is 39.2 Å². The highest BCUT2D eigenvalue weighted by molar-refractivity contribution is 5.66. The molecule has 1 aromatic rings. The summed E-state index contributed by atoms with van der Waals surface area (Å²) < 4.78 is 20.2. The maximum Gasteiger partial charge on any atom is 0.302 e. The number of carbonyl (C=O) groups excluding carboxylic acids is 2. The maximum absolute atomic E-state index is 10.6. The molecule has 1 saturated heterocycles. The van der Waals surface area contributed by atoms with E-state index in [1.165, 1.54) is 19.4 Å². The topological polar surface area (TPSA) is 77.5 Å². The van der Waals surface area contributed by atoms with E-state index < -0.39 is 0 Å². The quantitative estimate of drug-likeness (QED) is 0.545. The van der Waals surface area contributed by atoms with Crippen molar-refractivity contribution in [2.45, 2.75) is 33.6 Å². The van der Waals surface area contributed by atoms with Gasteiger partial charge in [0.25, 0.3) is 0 Å². The Hall–Kier alpha value is -2.32. The first-order chi connectivity index (χ1) is 14.8. The number of rotatable bonds is 9. The lowest BCUT2D eigenvalue weighted by atomic mass is 10.0. The smallest absolute Gasteiger partial charge is 0.302 e. The van der Waals surface area contributed by atoms with Crippen LogP contribution in [-0.4, -0.2) is 88.4 Å². The zero-order chi connectivity index (χ0) is 23.2. The van der Waals surface area contributed by atoms with Gasteiger partial charge in [0.05, 0.1) is 14.2 Å². The van der Waals surface area contributed by atoms with E-state index in [9.17, 15) is 9.59 Å². The molecule has 1 aliphatic rings. The van der Waals surface area contributed by atoms with Crippen LogP contribution in [0, 0.1) is 0 Å². The summed E-state index contributed by atoms with van der Waals surface area (Å²) in [5.41, 5.74) is 1.26. The fourth-order valence-electron chi connectivity index (χ4n) is 3.09. The summed E-state index contributed by atoms with van der Waals surface area (Å²) in [7, 11) is 3.30. The van der Waals surface area contributed by atoms with Crippen molar-refractivity contribution in [2.24, 2.45) is 0 Å². The highest BCUT2D eigenvalue weighted by Gasteiger charge is 2.16. The number of methoxy groups -OCH3 is 2. The van der Waals surface area contributed by atoms with Crippen LogP contribution in [0.4, 0.5) is 0 Å². The van der Waals surface area contributed by atoms with Crippen LogP contribution < -0.4 is 9.47 Å². The molecule has 0 aromatic heterocycles. The van der Waals surface area contributed by atoms with E-state index >= 15 is 0 Å². The zero-order valence-corrected chi connectivity index (χ0v) is 19.8. The van der Waals surface area contributed by atoms with Crippen LogP contribution in [0.15, 0.2) is 18.2 Å². The molecular weight excluding hydrogens is 400 g/mol. The van der Waals surface area contributed by atoms with Crippen LogP contribution >= 0.6 is 0 Å². The fourth-order valence-corrected chi connectivity index (χ4v) is 3.09. The average Bonchev–Trinajstić information content (AvgIpc) is 2.74. The zero-order valence-electron chi connectivity index (χ0n) is 19.8. The third kappa shape index (κ3) is 11.0. The maximum atomic E-state index is 10.6. The number of esters is 2. The van der Waals surface area contributed by atoms with Crippen molar-refractivity contribution in [1.82, 2.24) is 9.80 Å². The molecular formula is C23H38N2O6. The Bertz CT molecular complexity index is 644. The van der Waals surface area contributed by atoms with Crippen LogP contribution in [0.3, 0.4) is 0 Å². The molecule has 8 nitrogen and oxygen atoms in total. The van der Waals surface area contributed by atoms with Gasteiger partial charge in [0, 0.05) is 53.1 Å². The van der Waals surface area contributed by atoms with Gasteiger partial charge in [-0.25, -0.2) is 0 Å². The van der Waals surface area contributed by atoms with E-state index in [-0.39, 0.29) is 11.9 Å². The molecule has 0 spiro atoms. The Balaban J connectivity index is 0.000000327. The van der Waals surface area contributed by atoms with Gasteiger partial charge in [-0.2, -0.15) is 0 Å². The van der Waals surface area contributed by atoms with E-state index in [2.05, 4.69) is 29.7 Å². The molecule has 0 aliphatic carbocycles. The van der Waals surface area contributed by atoms with Gasteiger partial charge < -0.3 is 18.9 Å². The Morgan fingerprint density at radius 3 is 1.65 bits per heavy atom. The second-order valence-electron chi connectivity index (χ2n) is 7.63. The van der Waals surface area contributed by atoms with E-state index in [0.717, 1.165) is 50.8 Å². The van der Waals surface area contributed by atoms with E-state index in [1.54, 1.807) is 14.2 Å². The predicted molar refractivity (Wildman–Crippen MR) is 120 cm³/mol. The van der Waals surface area contributed by atoms with Crippen molar-refractivity contribution in [3.8, 4) is 11.5 Å². The SMILES string of the molecule is CC(=O)OCCN1CCN(CCOC(C)=O)CC1.COc1ccc(C(C)C)cc1OC. The van der Waals surface area contributed by atoms with Crippen molar-refractivity contribution >= 4 is 11.9 Å². The summed E-state index contributed by atoms with van der Waals surface area (Å²) in [6.07, 6.45) is 0. The van der Waals surface area contributed by atoms with Crippen molar-refractivity contribution in [2.75, 3.05) is 66.7 Å². The standard InChI is InChI=1S/C12H22N2O4.C11H16O2/c1-11(15)17-9-7-13-3-5-14(6-4-13)8-10-18-12(2)16;1-8(2)9-5-6-10(12-3)11(7-9)13-4/h3-10H2,1-2H3;5-8H,1-4H3. The molecule has 0 atom stereocenters. The van der Waals surface area contributed by atoms with E-state index in [1.807, 2.05) is 12.1 Å². The molecule has 1 heterocycles. The lowest BCUT2D eigenvalue weighted by molar-refractivity contribution is -0.142. The molecule has 1 aliphatic heterocycles. The van der Waals surface area contributed by atoms with Gasteiger partial charge in [-0.3, -0.25) is 19.4 Å². The van der Waals surface area contributed by atoms with Crippen molar-refractivity contribution < 1.29 is 28.5 Å². The molecule has 0 saturated carbocycles. The number of piperazine rings is 1. The van der Waals surface area contributed by atoms with Crippen LogP contribution in [-0.2, 0) is 19.1 Å². The predicted octanol–water partition coefficient (Wildman–Crippen LogP) is 2.56. The summed E-state index contributed by atoms with van der Waals surface area (Å²) in [4.78, 5) is 25.8. The Kier molecular flexibility index (Phi) is 12.6. The highest BCUT2D eigenvalue weighted by Crippen LogP contribution is 2.30. The van der Waals surface area contributed by atoms with Gasteiger partial charge >= 0.3 is 11.9 Å². The molecule has 0 radical (unpaired) electrons. The summed E-state index contributed by atoms with van der Waals surface area (Å²) in [5.74, 6) is 1.64. The first-order valence-corrected chi connectivity index (χ1v) is 10.7. The Morgan fingerprint density at radius 1 is 0.839 bits per heavy atom. The van der Waals surface area contributed by atoms with E-state index in [4.69, 9.17) is 18.9 Å². The Labute approximate surface area is 186 Å². The number of nitrogens with zero attached hydrogens (tertiary/aromatic N) is 2. The van der Waals surface area contributed by atoms with Crippen LogP contribution in [0.2, 0.25) is 0 Å². The molecule has 0 N–H and O–H groups in total. The molecule has 2 rings (SSSR count). The third-order valence-electron chi connectivity index (χ3n) is 4.96. The summed E-state index contributed by atoms with van der Waals surface area (Å²) in [5, 5.41) is 0. The van der Waals surface area contributed by atoms with Crippen molar-refractivity contribution in [1.29, 1.82) is 0 Å². The minimum absolute atomic E-state index is 0.227. The molecule has 176 valence electrons. The van der Waals surface area contributed by atoms with Crippen molar-refractivity contribution in [3.63, 3.8) is 0 Å². The minimum Gasteiger partial charge on any atom is -0.493 e. The largest absolute Gasteiger partial charge is 0.493 e. The monoisotopic (exact) mass is 438 g/mol. The molecule has 31 heavy (non-hydrogen) atoms. The average molecular weight is 439 g/mol. The molecule has 0 unspecified atom stereocenters. The minimum atomic E-state index is -0.227. The van der Waals surface area contributed by atoms with Gasteiger partial charge in [0.15, 0.2) is 11.5 Å². The number of hydrogen-bond acceptors (Lipinski definition) is 8. The number of benzene rings is 1. The molecule has 1 aromatic carbocycles. The fraction of sp³-hybridized carbons (Fsp3) is 0.652. The third-order valence-corrected chi connectivity index (χ3v) is 4.96. The van der Waals surface area contributed by atoms with Crippen LogP contribution in [0.5, 0.6) is 11.5 Å². The number of ether oxygens (including phenoxy) is 4. The summed E-state index contributed by atoms with van der Waals surface area (Å²) in [6, 6.07) is 6.02. The molecule has 0 bridgehead atoms.